The van der Waals surface area contributed by atoms with Gasteiger partial charge in [-0.05, 0) is 51.9 Å². The topological polar surface area (TPSA) is 58.1 Å². The standard InChI is InChI=1S/C22H35F3N4O2.HI/c1-4-26-21(27-9-5-10-29(3)16-22(23,24)25)28-13-19-7-6-17(2)12-20(19)31-15-18-8-11-30-14-18;/h6-7,12,18H,4-5,8-11,13-16H2,1-3H3,(H2,26,27,28);1H. The van der Waals surface area contributed by atoms with Crippen LogP contribution in [0.5, 0.6) is 5.75 Å². The second-order valence-electron chi connectivity index (χ2n) is 7.98. The zero-order valence-electron chi connectivity index (χ0n) is 19.1. The van der Waals surface area contributed by atoms with E-state index >= 15 is 0 Å². The van der Waals surface area contributed by atoms with Crippen molar-refractivity contribution in [3.05, 3.63) is 29.3 Å². The van der Waals surface area contributed by atoms with Crippen LogP contribution in [0.3, 0.4) is 0 Å². The number of benzene rings is 1. The van der Waals surface area contributed by atoms with Crippen LogP contribution in [0.25, 0.3) is 0 Å². The van der Waals surface area contributed by atoms with Gasteiger partial charge < -0.3 is 20.1 Å². The number of rotatable bonds is 11. The van der Waals surface area contributed by atoms with E-state index in [1.54, 1.807) is 0 Å². The molecule has 1 aliphatic rings. The van der Waals surface area contributed by atoms with Crippen molar-refractivity contribution in [1.29, 1.82) is 0 Å². The van der Waals surface area contributed by atoms with Crippen LogP contribution in [-0.2, 0) is 11.3 Å². The van der Waals surface area contributed by atoms with Gasteiger partial charge in [0.1, 0.15) is 5.75 Å². The number of halogens is 4. The first-order chi connectivity index (χ1) is 14.8. The predicted molar refractivity (Wildman–Crippen MR) is 132 cm³/mol. The van der Waals surface area contributed by atoms with E-state index in [1.807, 2.05) is 32.0 Å². The molecule has 1 saturated heterocycles. The van der Waals surface area contributed by atoms with Gasteiger partial charge in [-0.1, -0.05) is 12.1 Å². The number of guanidine groups is 1. The van der Waals surface area contributed by atoms with Gasteiger partial charge in [-0.25, -0.2) is 4.99 Å². The highest BCUT2D eigenvalue weighted by Gasteiger charge is 2.28. The molecule has 6 nitrogen and oxygen atoms in total. The zero-order valence-corrected chi connectivity index (χ0v) is 21.5. The molecule has 1 aromatic carbocycles. The fourth-order valence-electron chi connectivity index (χ4n) is 3.30. The van der Waals surface area contributed by atoms with Crippen LogP contribution in [0.1, 0.15) is 30.9 Å². The third kappa shape index (κ3) is 11.6. The minimum absolute atomic E-state index is 0. The summed E-state index contributed by atoms with van der Waals surface area (Å²) in [4.78, 5) is 5.90. The first kappa shape index (κ1) is 28.8. The number of ether oxygens (including phenoxy) is 2. The number of alkyl halides is 3. The van der Waals surface area contributed by atoms with Crippen LogP contribution in [0.4, 0.5) is 13.2 Å². The SMILES string of the molecule is CCNC(=NCc1ccc(C)cc1OCC1CCOC1)NCCCN(C)CC(F)(F)F.I. The predicted octanol–water partition coefficient (Wildman–Crippen LogP) is 3.97. The van der Waals surface area contributed by atoms with Crippen molar-refractivity contribution in [2.45, 2.75) is 39.4 Å². The third-order valence-corrected chi connectivity index (χ3v) is 4.93. The number of nitrogens with zero attached hydrogens (tertiary/aromatic N) is 2. The maximum absolute atomic E-state index is 12.4. The number of aryl methyl sites for hydroxylation is 1. The lowest BCUT2D eigenvalue weighted by molar-refractivity contribution is -0.143. The zero-order chi connectivity index (χ0) is 22.7. The Kier molecular flexibility index (Phi) is 13.3. The van der Waals surface area contributed by atoms with Gasteiger partial charge in [0.05, 0.1) is 26.3 Å². The summed E-state index contributed by atoms with van der Waals surface area (Å²) in [5.41, 5.74) is 2.12. The van der Waals surface area contributed by atoms with E-state index in [1.165, 1.54) is 11.9 Å². The van der Waals surface area contributed by atoms with E-state index in [-0.39, 0.29) is 24.0 Å². The molecule has 1 fully saturated rings. The second kappa shape index (κ2) is 14.8. The first-order valence-corrected chi connectivity index (χ1v) is 10.8. The Hall–Kier alpha value is -1.27. The molecular formula is C22H36F3IN4O2. The second-order valence-corrected chi connectivity index (χ2v) is 7.98. The summed E-state index contributed by atoms with van der Waals surface area (Å²) in [5, 5.41) is 6.37. The molecule has 0 radical (unpaired) electrons. The van der Waals surface area contributed by atoms with Crippen LogP contribution in [0.2, 0.25) is 0 Å². The van der Waals surface area contributed by atoms with Crippen LogP contribution < -0.4 is 15.4 Å². The van der Waals surface area contributed by atoms with E-state index < -0.39 is 12.7 Å². The summed E-state index contributed by atoms with van der Waals surface area (Å²) in [6.07, 6.45) is -2.57. The Morgan fingerprint density at radius 3 is 2.75 bits per heavy atom. The maximum Gasteiger partial charge on any atom is 0.401 e. The molecular weight excluding hydrogens is 536 g/mol. The fourth-order valence-corrected chi connectivity index (χ4v) is 3.30. The molecule has 0 spiro atoms. The van der Waals surface area contributed by atoms with E-state index in [4.69, 9.17) is 9.47 Å². The van der Waals surface area contributed by atoms with Gasteiger partial charge >= 0.3 is 6.18 Å². The van der Waals surface area contributed by atoms with E-state index in [2.05, 4.69) is 15.6 Å². The molecule has 1 unspecified atom stereocenters. The smallest absolute Gasteiger partial charge is 0.401 e. The Morgan fingerprint density at radius 1 is 1.31 bits per heavy atom. The average molecular weight is 572 g/mol. The van der Waals surface area contributed by atoms with Gasteiger partial charge in [-0.2, -0.15) is 13.2 Å². The molecule has 0 bridgehead atoms. The van der Waals surface area contributed by atoms with E-state index in [0.717, 1.165) is 36.5 Å². The monoisotopic (exact) mass is 572 g/mol. The Balaban J connectivity index is 0.00000512. The summed E-state index contributed by atoms with van der Waals surface area (Å²) in [7, 11) is 1.48. The molecule has 2 rings (SSSR count). The van der Waals surface area contributed by atoms with Gasteiger partial charge in [-0.15, -0.1) is 24.0 Å². The highest BCUT2D eigenvalue weighted by Crippen LogP contribution is 2.23. The Morgan fingerprint density at radius 2 is 2.09 bits per heavy atom. The van der Waals surface area contributed by atoms with Crippen molar-refractivity contribution in [3.63, 3.8) is 0 Å². The van der Waals surface area contributed by atoms with Crippen molar-refractivity contribution in [2.75, 3.05) is 53.0 Å². The van der Waals surface area contributed by atoms with Gasteiger partial charge in [0, 0.05) is 31.2 Å². The maximum atomic E-state index is 12.4. The number of hydrogen-bond acceptors (Lipinski definition) is 4. The number of aliphatic imine (C=N–C) groups is 1. The summed E-state index contributed by atoms with van der Waals surface area (Å²) in [6, 6.07) is 6.08. The van der Waals surface area contributed by atoms with E-state index in [9.17, 15) is 13.2 Å². The molecule has 1 atom stereocenters. The van der Waals surface area contributed by atoms with E-state index in [0.29, 0.717) is 51.1 Å². The van der Waals surface area contributed by atoms with Crippen molar-refractivity contribution in [3.8, 4) is 5.75 Å². The van der Waals surface area contributed by atoms with Gasteiger partial charge in [0.15, 0.2) is 5.96 Å². The first-order valence-electron chi connectivity index (χ1n) is 10.8. The molecule has 0 saturated carbocycles. The van der Waals surface area contributed by atoms with Gasteiger partial charge in [0.2, 0.25) is 0 Å². The third-order valence-electron chi connectivity index (χ3n) is 4.93. The lowest BCUT2D eigenvalue weighted by Crippen LogP contribution is -2.39. The van der Waals surface area contributed by atoms with Gasteiger partial charge in [-0.3, -0.25) is 4.90 Å². The molecule has 0 aromatic heterocycles. The number of nitrogens with one attached hydrogen (secondary N) is 2. The molecule has 1 aliphatic heterocycles. The molecule has 0 amide bonds. The highest BCUT2D eigenvalue weighted by molar-refractivity contribution is 14.0. The largest absolute Gasteiger partial charge is 0.493 e. The normalized spacial score (nSPS) is 16.7. The van der Waals surface area contributed by atoms with Gasteiger partial charge in [0.25, 0.3) is 0 Å². The Bertz CT molecular complexity index is 698. The van der Waals surface area contributed by atoms with Crippen LogP contribution in [0, 0.1) is 12.8 Å². The molecule has 0 aliphatic carbocycles. The minimum Gasteiger partial charge on any atom is -0.493 e. The summed E-state index contributed by atoms with van der Waals surface area (Å²) >= 11 is 0. The average Bonchev–Trinajstić information content (AvgIpc) is 3.21. The Labute approximate surface area is 206 Å². The molecule has 2 N–H and O–H groups in total. The number of hydrogen-bond donors (Lipinski definition) is 2. The highest BCUT2D eigenvalue weighted by atomic mass is 127. The molecule has 1 aromatic rings. The fraction of sp³-hybridized carbons (Fsp3) is 0.682. The summed E-state index contributed by atoms with van der Waals surface area (Å²) in [5.74, 6) is 1.89. The van der Waals surface area contributed by atoms with Crippen molar-refractivity contribution < 1.29 is 22.6 Å². The lowest BCUT2D eigenvalue weighted by atomic mass is 10.1. The summed E-state index contributed by atoms with van der Waals surface area (Å²) < 4.78 is 48.7. The lowest BCUT2D eigenvalue weighted by Gasteiger charge is -2.19. The molecule has 1 heterocycles. The molecule has 184 valence electrons. The minimum atomic E-state index is -4.17. The van der Waals surface area contributed by atoms with Crippen LogP contribution >= 0.6 is 24.0 Å². The quantitative estimate of drug-likeness (QED) is 0.182. The van der Waals surface area contributed by atoms with Crippen LogP contribution in [-0.4, -0.2) is 70.1 Å². The summed E-state index contributed by atoms with van der Waals surface area (Å²) in [6.45, 7) is 7.29. The van der Waals surface area contributed by atoms with Crippen molar-refractivity contribution in [1.82, 2.24) is 15.5 Å². The molecule has 32 heavy (non-hydrogen) atoms. The van der Waals surface area contributed by atoms with Crippen molar-refractivity contribution >= 4 is 29.9 Å². The molecule has 10 heteroatoms. The van der Waals surface area contributed by atoms with Crippen molar-refractivity contribution in [2.24, 2.45) is 10.9 Å². The van der Waals surface area contributed by atoms with Crippen LogP contribution in [0.15, 0.2) is 23.2 Å².